The lowest BCUT2D eigenvalue weighted by Crippen LogP contribution is -1.86. The van der Waals surface area contributed by atoms with Gasteiger partial charge >= 0.3 is 0 Å². The molecule has 1 heterocycles. The van der Waals surface area contributed by atoms with Gasteiger partial charge < -0.3 is 4.74 Å². The number of ether oxygens (including phenoxy) is 1. The summed E-state index contributed by atoms with van der Waals surface area (Å²) in [7, 11) is 1.62. The first-order valence-electron chi connectivity index (χ1n) is 3.76. The number of rotatable bonds is 1. The zero-order chi connectivity index (χ0) is 9.26. The van der Waals surface area contributed by atoms with Gasteiger partial charge in [-0.15, -0.1) is 10.2 Å². The molecule has 0 fully saturated rings. The molecule has 1 aromatic heterocycles. The van der Waals surface area contributed by atoms with Crippen molar-refractivity contribution in [2.24, 2.45) is 0 Å². The van der Waals surface area contributed by atoms with E-state index in [-0.39, 0.29) is 0 Å². The topological polar surface area (TPSA) is 35.0 Å². The maximum atomic E-state index is 5.69. The molecule has 2 aromatic rings. The largest absolute Gasteiger partial charge is 0.497 e. The number of nitrogens with zero attached hydrogens (tertiary/aromatic N) is 2. The number of methoxy groups -OCH3 is 1. The van der Waals surface area contributed by atoms with E-state index in [0.29, 0.717) is 5.15 Å². The maximum Gasteiger partial charge on any atom is 0.152 e. The molecule has 0 atom stereocenters. The van der Waals surface area contributed by atoms with Crippen molar-refractivity contribution >= 4 is 22.5 Å². The lowest BCUT2D eigenvalue weighted by atomic mass is 10.2. The van der Waals surface area contributed by atoms with E-state index in [9.17, 15) is 0 Å². The molecular weight excluding hydrogens is 188 g/mol. The van der Waals surface area contributed by atoms with Gasteiger partial charge in [-0.2, -0.15) is 0 Å². The highest BCUT2D eigenvalue weighted by Gasteiger charge is 1.98. The number of fused-ring (bicyclic) bond motifs is 1. The summed E-state index contributed by atoms with van der Waals surface area (Å²) in [6.45, 7) is 0. The average molecular weight is 195 g/mol. The van der Waals surface area contributed by atoms with Crippen LogP contribution in [0.15, 0.2) is 24.3 Å². The molecule has 66 valence electrons. The number of hydrogen-bond acceptors (Lipinski definition) is 3. The van der Waals surface area contributed by atoms with Crippen LogP contribution < -0.4 is 4.74 Å². The highest BCUT2D eigenvalue weighted by Crippen LogP contribution is 2.19. The highest BCUT2D eigenvalue weighted by atomic mass is 35.5. The molecule has 3 nitrogen and oxygen atoms in total. The average Bonchev–Trinajstić information content (AvgIpc) is 2.17. The molecule has 0 saturated heterocycles. The Labute approximate surface area is 80.3 Å². The van der Waals surface area contributed by atoms with Crippen molar-refractivity contribution in [3.8, 4) is 5.75 Å². The first-order chi connectivity index (χ1) is 6.29. The monoisotopic (exact) mass is 194 g/mol. The molecule has 0 aliphatic rings. The molecule has 0 amide bonds. The van der Waals surface area contributed by atoms with Gasteiger partial charge in [0.25, 0.3) is 0 Å². The Morgan fingerprint density at radius 2 is 2.08 bits per heavy atom. The fourth-order valence-electron chi connectivity index (χ4n) is 1.12. The summed E-state index contributed by atoms with van der Waals surface area (Å²) in [6.07, 6.45) is 0. The standard InChI is InChI=1S/C9H7ClN2O/c1-13-7-3-2-6-4-9(10)12-11-8(6)5-7/h2-5H,1H3. The van der Waals surface area contributed by atoms with Crippen molar-refractivity contribution in [2.45, 2.75) is 0 Å². The second kappa shape index (κ2) is 3.18. The smallest absolute Gasteiger partial charge is 0.152 e. The Morgan fingerprint density at radius 1 is 1.23 bits per heavy atom. The Morgan fingerprint density at radius 3 is 2.85 bits per heavy atom. The zero-order valence-corrected chi connectivity index (χ0v) is 7.75. The van der Waals surface area contributed by atoms with E-state index in [2.05, 4.69) is 10.2 Å². The summed E-state index contributed by atoms with van der Waals surface area (Å²) in [5.41, 5.74) is 0.781. The summed E-state index contributed by atoms with van der Waals surface area (Å²) in [5, 5.41) is 9.03. The normalized spacial score (nSPS) is 10.3. The molecule has 0 N–H and O–H groups in total. The lowest BCUT2D eigenvalue weighted by molar-refractivity contribution is 0.415. The minimum absolute atomic E-state index is 0.401. The Hall–Kier alpha value is -1.35. The van der Waals surface area contributed by atoms with Crippen LogP contribution in [0.4, 0.5) is 0 Å². The predicted molar refractivity (Wildman–Crippen MR) is 51.1 cm³/mol. The summed E-state index contributed by atoms with van der Waals surface area (Å²) in [4.78, 5) is 0. The van der Waals surface area contributed by atoms with E-state index < -0.39 is 0 Å². The molecular formula is C9H7ClN2O. The van der Waals surface area contributed by atoms with Crippen molar-refractivity contribution < 1.29 is 4.74 Å². The molecule has 2 rings (SSSR count). The fourth-order valence-corrected chi connectivity index (χ4v) is 1.27. The second-order valence-corrected chi connectivity index (χ2v) is 2.98. The lowest BCUT2D eigenvalue weighted by Gasteiger charge is -2.00. The van der Waals surface area contributed by atoms with Crippen LogP contribution in [0.1, 0.15) is 0 Å². The zero-order valence-electron chi connectivity index (χ0n) is 6.99. The van der Waals surface area contributed by atoms with E-state index in [1.165, 1.54) is 0 Å². The molecule has 0 radical (unpaired) electrons. The minimum Gasteiger partial charge on any atom is -0.497 e. The van der Waals surface area contributed by atoms with Crippen LogP contribution in [0.3, 0.4) is 0 Å². The molecule has 0 aliphatic heterocycles. The first-order valence-corrected chi connectivity index (χ1v) is 4.14. The Balaban J connectivity index is 2.66. The highest BCUT2D eigenvalue weighted by molar-refractivity contribution is 6.29. The molecule has 0 bridgehead atoms. The van der Waals surface area contributed by atoms with Crippen LogP contribution in [0, 0.1) is 0 Å². The molecule has 0 aliphatic carbocycles. The van der Waals surface area contributed by atoms with E-state index in [1.807, 2.05) is 18.2 Å². The summed E-state index contributed by atoms with van der Waals surface area (Å²) in [5.74, 6) is 0.768. The van der Waals surface area contributed by atoms with Crippen molar-refractivity contribution in [1.29, 1.82) is 0 Å². The molecule has 4 heteroatoms. The van der Waals surface area contributed by atoms with Crippen LogP contribution in [0.5, 0.6) is 5.75 Å². The molecule has 1 aromatic carbocycles. The van der Waals surface area contributed by atoms with Gasteiger partial charge in [0.05, 0.1) is 12.6 Å². The fraction of sp³-hybridized carbons (Fsp3) is 0.111. The van der Waals surface area contributed by atoms with Gasteiger partial charge in [0.2, 0.25) is 0 Å². The Bertz CT molecular complexity index is 445. The van der Waals surface area contributed by atoms with Crippen LogP contribution in [-0.4, -0.2) is 17.3 Å². The minimum atomic E-state index is 0.401. The predicted octanol–water partition coefficient (Wildman–Crippen LogP) is 2.29. The van der Waals surface area contributed by atoms with Gasteiger partial charge in [-0.25, -0.2) is 0 Å². The van der Waals surface area contributed by atoms with Crippen LogP contribution in [0.2, 0.25) is 5.15 Å². The van der Waals surface area contributed by atoms with Gasteiger partial charge in [0.1, 0.15) is 5.75 Å². The van der Waals surface area contributed by atoms with Crippen molar-refractivity contribution in [3.63, 3.8) is 0 Å². The Kier molecular flexibility index (Phi) is 2.02. The van der Waals surface area contributed by atoms with Crippen LogP contribution in [-0.2, 0) is 0 Å². The van der Waals surface area contributed by atoms with E-state index in [0.717, 1.165) is 16.7 Å². The van der Waals surface area contributed by atoms with Gasteiger partial charge in [0, 0.05) is 11.5 Å². The summed E-state index contributed by atoms with van der Waals surface area (Å²) in [6, 6.07) is 7.34. The number of aromatic nitrogens is 2. The van der Waals surface area contributed by atoms with Crippen molar-refractivity contribution in [3.05, 3.63) is 29.4 Å². The molecule has 13 heavy (non-hydrogen) atoms. The number of halogens is 1. The van der Waals surface area contributed by atoms with Gasteiger partial charge in [-0.05, 0) is 18.2 Å². The van der Waals surface area contributed by atoms with E-state index >= 15 is 0 Å². The number of hydrogen-bond donors (Lipinski definition) is 0. The molecule has 0 spiro atoms. The van der Waals surface area contributed by atoms with Gasteiger partial charge in [-0.1, -0.05) is 11.6 Å². The van der Waals surface area contributed by atoms with Crippen LogP contribution in [0.25, 0.3) is 10.9 Å². The van der Waals surface area contributed by atoms with Crippen molar-refractivity contribution in [2.75, 3.05) is 7.11 Å². The third kappa shape index (κ3) is 1.55. The third-order valence-corrected chi connectivity index (χ3v) is 1.95. The molecule has 0 unspecified atom stereocenters. The first kappa shape index (κ1) is 8.26. The third-order valence-electron chi connectivity index (χ3n) is 1.77. The van der Waals surface area contributed by atoms with E-state index in [4.69, 9.17) is 16.3 Å². The van der Waals surface area contributed by atoms with Crippen molar-refractivity contribution in [1.82, 2.24) is 10.2 Å². The summed E-state index contributed by atoms with van der Waals surface area (Å²) >= 11 is 5.69. The molecule has 0 saturated carbocycles. The maximum absolute atomic E-state index is 5.69. The second-order valence-electron chi connectivity index (χ2n) is 2.59. The SMILES string of the molecule is COc1ccc2cc(Cl)nnc2c1. The summed E-state index contributed by atoms with van der Waals surface area (Å²) < 4.78 is 5.05. The van der Waals surface area contributed by atoms with Crippen LogP contribution >= 0.6 is 11.6 Å². The van der Waals surface area contributed by atoms with Gasteiger partial charge in [-0.3, -0.25) is 0 Å². The number of benzene rings is 1. The quantitative estimate of drug-likeness (QED) is 0.699. The van der Waals surface area contributed by atoms with E-state index in [1.54, 1.807) is 13.2 Å². The van der Waals surface area contributed by atoms with Gasteiger partial charge in [0.15, 0.2) is 5.15 Å².